The Kier molecular flexibility index (Phi) is 5.67. The number of phenolic OH excluding ortho intramolecular Hbond substituents is 1. The maximum atomic E-state index is 12.0. The molecule has 3 nitrogen and oxygen atoms in total. The predicted octanol–water partition coefficient (Wildman–Crippen LogP) is 3.89. The molecule has 0 bridgehead atoms. The summed E-state index contributed by atoms with van der Waals surface area (Å²) < 4.78 is 36.6. The molecule has 1 amide bonds. The molecule has 1 rings (SSSR count). The van der Waals surface area contributed by atoms with Gasteiger partial charge in [-0.2, -0.15) is 13.2 Å². The van der Waals surface area contributed by atoms with Crippen LogP contribution in [-0.4, -0.2) is 23.7 Å². The lowest BCUT2D eigenvalue weighted by molar-refractivity contribution is -0.173. The van der Waals surface area contributed by atoms with Crippen LogP contribution < -0.4 is 5.32 Å². The minimum absolute atomic E-state index is 0.0374. The topological polar surface area (TPSA) is 49.3 Å². The summed E-state index contributed by atoms with van der Waals surface area (Å²) in [5.74, 6) is -1.80. The lowest BCUT2D eigenvalue weighted by Crippen LogP contribution is -2.37. The Morgan fingerprint density at radius 3 is 2.48 bits per heavy atom. The summed E-state index contributed by atoms with van der Waals surface area (Å²) in [7, 11) is 0. The Hall–Kier alpha value is -1.24. The molecule has 0 aliphatic rings. The van der Waals surface area contributed by atoms with Gasteiger partial charge < -0.3 is 10.4 Å². The summed E-state index contributed by atoms with van der Waals surface area (Å²) in [6.45, 7) is 3.83. The molecular formula is C14H17BrF3NO2. The van der Waals surface area contributed by atoms with Gasteiger partial charge >= 0.3 is 12.1 Å². The molecule has 2 N–H and O–H groups in total. The van der Waals surface area contributed by atoms with Gasteiger partial charge in [-0.25, -0.2) is 0 Å². The highest BCUT2D eigenvalue weighted by Gasteiger charge is 2.38. The number of alkyl halides is 3. The molecule has 7 heteroatoms. The van der Waals surface area contributed by atoms with Crippen LogP contribution >= 0.6 is 15.9 Å². The van der Waals surface area contributed by atoms with Gasteiger partial charge in [0.15, 0.2) is 0 Å². The number of nitrogens with one attached hydrogen (secondary N) is 1. The molecule has 0 heterocycles. The molecule has 1 aromatic rings. The largest absolute Gasteiger partial charge is 0.507 e. The second-order valence-corrected chi connectivity index (χ2v) is 6.26. The second-order valence-electron chi connectivity index (χ2n) is 5.41. The standard InChI is InChI=1S/C14H17BrF3NO2/c1-13(2,9-4-5-10(15)11(20)8-9)6-3-7-19-12(21)14(16,17)18/h4-5,8,20H,3,6-7H2,1-2H3,(H,19,21). The second kappa shape index (κ2) is 6.68. The maximum absolute atomic E-state index is 12.0. The SMILES string of the molecule is CC(C)(CCCNC(=O)C(F)(F)F)c1ccc(Br)c(O)c1. The molecular weight excluding hydrogens is 351 g/mol. The molecule has 0 unspecified atom stereocenters. The van der Waals surface area contributed by atoms with Crippen LogP contribution in [0.15, 0.2) is 22.7 Å². The van der Waals surface area contributed by atoms with Crippen molar-refractivity contribution in [3.63, 3.8) is 0 Å². The van der Waals surface area contributed by atoms with Crippen molar-refractivity contribution in [1.29, 1.82) is 0 Å². The summed E-state index contributed by atoms with van der Waals surface area (Å²) in [4.78, 5) is 10.7. The zero-order chi connectivity index (χ0) is 16.3. The summed E-state index contributed by atoms with van der Waals surface area (Å²) >= 11 is 3.19. The highest BCUT2D eigenvalue weighted by Crippen LogP contribution is 2.33. The lowest BCUT2D eigenvalue weighted by Gasteiger charge is -2.25. The predicted molar refractivity (Wildman–Crippen MR) is 77.1 cm³/mol. The number of aromatic hydroxyl groups is 1. The van der Waals surface area contributed by atoms with Crippen LogP contribution in [0.2, 0.25) is 0 Å². The third kappa shape index (κ3) is 5.22. The van der Waals surface area contributed by atoms with Gasteiger partial charge in [0.25, 0.3) is 0 Å². The monoisotopic (exact) mass is 367 g/mol. The molecule has 0 atom stereocenters. The van der Waals surface area contributed by atoms with E-state index in [2.05, 4.69) is 15.9 Å². The third-order valence-electron chi connectivity index (χ3n) is 3.25. The number of benzene rings is 1. The summed E-state index contributed by atoms with van der Waals surface area (Å²) in [6, 6.07) is 5.19. The van der Waals surface area contributed by atoms with E-state index in [-0.39, 0.29) is 17.7 Å². The first kappa shape index (κ1) is 17.8. The molecule has 0 saturated heterocycles. The summed E-state index contributed by atoms with van der Waals surface area (Å²) in [5, 5.41) is 11.5. The maximum Gasteiger partial charge on any atom is 0.471 e. The van der Waals surface area contributed by atoms with E-state index in [1.165, 1.54) is 0 Å². The Morgan fingerprint density at radius 1 is 1.33 bits per heavy atom. The third-order valence-corrected chi connectivity index (χ3v) is 3.92. The van der Waals surface area contributed by atoms with Crippen LogP contribution in [-0.2, 0) is 10.2 Å². The molecule has 0 fully saturated rings. The Balaban J connectivity index is 2.53. The number of carbonyl (C=O) groups excluding carboxylic acids is 1. The highest BCUT2D eigenvalue weighted by atomic mass is 79.9. The van der Waals surface area contributed by atoms with E-state index < -0.39 is 12.1 Å². The van der Waals surface area contributed by atoms with Gasteiger partial charge in [0, 0.05) is 6.54 Å². The van der Waals surface area contributed by atoms with E-state index in [1.54, 1.807) is 12.1 Å². The molecule has 0 radical (unpaired) electrons. The van der Waals surface area contributed by atoms with Gasteiger partial charge in [-0.3, -0.25) is 4.79 Å². The molecule has 0 saturated carbocycles. The van der Waals surface area contributed by atoms with Crippen LogP contribution in [0.25, 0.3) is 0 Å². The average molecular weight is 368 g/mol. The van der Waals surface area contributed by atoms with Crippen molar-refractivity contribution in [2.45, 2.75) is 38.3 Å². The van der Waals surface area contributed by atoms with Gasteiger partial charge in [-0.05, 0) is 51.9 Å². The minimum Gasteiger partial charge on any atom is -0.507 e. The Morgan fingerprint density at radius 2 is 1.95 bits per heavy atom. The highest BCUT2D eigenvalue weighted by molar-refractivity contribution is 9.10. The lowest BCUT2D eigenvalue weighted by atomic mass is 9.80. The van der Waals surface area contributed by atoms with E-state index in [0.717, 1.165) is 5.56 Å². The molecule has 118 valence electrons. The normalized spacial score (nSPS) is 12.3. The number of halogens is 4. The Labute approximate surface area is 129 Å². The Bertz CT molecular complexity index is 515. The van der Waals surface area contributed by atoms with Crippen molar-refractivity contribution in [2.75, 3.05) is 6.54 Å². The summed E-state index contributed by atoms with van der Waals surface area (Å²) in [5.41, 5.74) is 0.562. The quantitative estimate of drug-likeness (QED) is 0.775. The van der Waals surface area contributed by atoms with E-state index >= 15 is 0 Å². The van der Waals surface area contributed by atoms with Gasteiger partial charge in [0.2, 0.25) is 0 Å². The van der Waals surface area contributed by atoms with Gasteiger partial charge in [-0.15, -0.1) is 0 Å². The van der Waals surface area contributed by atoms with Crippen molar-refractivity contribution in [1.82, 2.24) is 5.32 Å². The van der Waals surface area contributed by atoms with Crippen molar-refractivity contribution >= 4 is 21.8 Å². The smallest absolute Gasteiger partial charge is 0.471 e. The van der Waals surface area contributed by atoms with Crippen LogP contribution in [0.4, 0.5) is 13.2 Å². The number of hydrogen-bond acceptors (Lipinski definition) is 2. The number of phenols is 1. The zero-order valence-electron chi connectivity index (χ0n) is 11.7. The molecule has 0 aliphatic carbocycles. The minimum atomic E-state index is -4.84. The first-order valence-corrected chi connectivity index (χ1v) is 7.17. The first-order chi connectivity index (χ1) is 9.54. The van der Waals surface area contributed by atoms with Crippen LogP contribution in [0, 0.1) is 0 Å². The van der Waals surface area contributed by atoms with E-state index in [0.29, 0.717) is 17.3 Å². The molecule has 1 aromatic carbocycles. The van der Waals surface area contributed by atoms with Gasteiger partial charge in [0.05, 0.1) is 4.47 Å². The van der Waals surface area contributed by atoms with E-state index in [4.69, 9.17) is 0 Å². The van der Waals surface area contributed by atoms with Gasteiger partial charge in [0.1, 0.15) is 5.75 Å². The number of carbonyl (C=O) groups is 1. The number of amides is 1. The molecule has 0 spiro atoms. The van der Waals surface area contributed by atoms with E-state index in [1.807, 2.05) is 25.2 Å². The van der Waals surface area contributed by atoms with Crippen molar-refractivity contribution < 1.29 is 23.1 Å². The zero-order valence-corrected chi connectivity index (χ0v) is 13.3. The van der Waals surface area contributed by atoms with Crippen LogP contribution in [0.5, 0.6) is 5.75 Å². The van der Waals surface area contributed by atoms with Crippen LogP contribution in [0.3, 0.4) is 0 Å². The number of hydrogen-bond donors (Lipinski definition) is 2. The molecule has 0 aromatic heterocycles. The van der Waals surface area contributed by atoms with Gasteiger partial charge in [-0.1, -0.05) is 19.9 Å². The number of rotatable bonds is 5. The first-order valence-electron chi connectivity index (χ1n) is 6.38. The molecule has 21 heavy (non-hydrogen) atoms. The van der Waals surface area contributed by atoms with Crippen molar-refractivity contribution in [2.24, 2.45) is 0 Å². The van der Waals surface area contributed by atoms with Crippen molar-refractivity contribution in [3.8, 4) is 5.75 Å². The average Bonchev–Trinajstić information content (AvgIpc) is 2.36. The van der Waals surface area contributed by atoms with Crippen LogP contribution in [0.1, 0.15) is 32.3 Å². The van der Waals surface area contributed by atoms with E-state index in [9.17, 15) is 23.1 Å². The summed E-state index contributed by atoms with van der Waals surface area (Å²) in [6.07, 6.45) is -3.86. The van der Waals surface area contributed by atoms with Crippen molar-refractivity contribution in [3.05, 3.63) is 28.2 Å². The fourth-order valence-electron chi connectivity index (χ4n) is 1.91. The molecule has 0 aliphatic heterocycles. The fraction of sp³-hybridized carbons (Fsp3) is 0.500. The fourth-order valence-corrected chi connectivity index (χ4v) is 2.16.